The first-order chi connectivity index (χ1) is 9.06. The van der Waals surface area contributed by atoms with Gasteiger partial charge in [-0.05, 0) is 19.1 Å². The summed E-state index contributed by atoms with van der Waals surface area (Å²) in [5, 5.41) is 5.12. The molecule has 2 N–H and O–H groups in total. The molecule has 1 aromatic rings. The highest BCUT2D eigenvalue weighted by Crippen LogP contribution is 2.09. The molecule has 6 nitrogen and oxygen atoms in total. The molecule has 0 aliphatic carbocycles. The van der Waals surface area contributed by atoms with Crippen molar-refractivity contribution in [3.63, 3.8) is 0 Å². The number of carbonyl (C=O) groups excluding carboxylic acids is 3. The van der Waals surface area contributed by atoms with Crippen LogP contribution in [0.4, 0.5) is 5.69 Å². The lowest BCUT2D eigenvalue weighted by Gasteiger charge is -2.25. The van der Waals surface area contributed by atoms with Crippen LogP contribution < -0.4 is 10.6 Å². The summed E-state index contributed by atoms with van der Waals surface area (Å²) in [4.78, 5) is 36.0. The standard InChI is InChI=1S/C13H15N3O3/c1-9-2-4-10(5-3-9)15-12(18)13(19)16-7-6-14-11(17)8-16/h2-5H,6-8H2,1H3,(H,14,17)(H,15,18). The number of benzene rings is 1. The number of carbonyl (C=O) groups is 3. The lowest BCUT2D eigenvalue weighted by Crippen LogP contribution is -2.52. The highest BCUT2D eigenvalue weighted by molar-refractivity contribution is 6.39. The van der Waals surface area contributed by atoms with E-state index in [4.69, 9.17) is 0 Å². The largest absolute Gasteiger partial charge is 0.353 e. The average molecular weight is 261 g/mol. The number of piperazine rings is 1. The summed E-state index contributed by atoms with van der Waals surface area (Å²) in [5.74, 6) is -1.66. The van der Waals surface area contributed by atoms with Crippen LogP contribution in [0.5, 0.6) is 0 Å². The van der Waals surface area contributed by atoms with Crippen LogP contribution in [0.2, 0.25) is 0 Å². The molecule has 6 heteroatoms. The third-order valence-corrected chi connectivity index (χ3v) is 2.83. The fourth-order valence-electron chi connectivity index (χ4n) is 1.78. The highest BCUT2D eigenvalue weighted by atomic mass is 16.2. The first-order valence-electron chi connectivity index (χ1n) is 6.00. The first-order valence-corrected chi connectivity index (χ1v) is 6.00. The van der Waals surface area contributed by atoms with Gasteiger partial charge in [-0.25, -0.2) is 0 Å². The van der Waals surface area contributed by atoms with E-state index in [2.05, 4.69) is 10.6 Å². The van der Waals surface area contributed by atoms with Crippen LogP contribution in [0.1, 0.15) is 5.56 Å². The van der Waals surface area contributed by atoms with Crippen LogP contribution in [0, 0.1) is 6.92 Å². The molecule has 1 fully saturated rings. The third-order valence-electron chi connectivity index (χ3n) is 2.83. The number of aryl methyl sites for hydroxylation is 1. The SMILES string of the molecule is Cc1ccc(NC(=O)C(=O)N2CCNC(=O)C2)cc1. The van der Waals surface area contributed by atoms with Gasteiger partial charge in [0, 0.05) is 18.8 Å². The van der Waals surface area contributed by atoms with Crippen molar-refractivity contribution in [3.05, 3.63) is 29.8 Å². The molecule has 1 aromatic carbocycles. The quantitative estimate of drug-likeness (QED) is 0.692. The number of anilines is 1. The topological polar surface area (TPSA) is 78.5 Å². The van der Waals surface area contributed by atoms with Crippen LogP contribution in [0.15, 0.2) is 24.3 Å². The third kappa shape index (κ3) is 3.31. The smallest absolute Gasteiger partial charge is 0.313 e. The Kier molecular flexibility index (Phi) is 3.79. The van der Waals surface area contributed by atoms with Crippen molar-refractivity contribution in [1.82, 2.24) is 10.2 Å². The summed E-state index contributed by atoms with van der Waals surface area (Å²) in [6.07, 6.45) is 0. The molecule has 100 valence electrons. The Hall–Kier alpha value is -2.37. The molecular weight excluding hydrogens is 246 g/mol. The van der Waals surface area contributed by atoms with Crippen molar-refractivity contribution in [1.29, 1.82) is 0 Å². The normalized spacial score (nSPS) is 14.8. The van der Waals surface area contributed by atoms with Gasteiger partial charge in [0.2, 0.25) is 5.91 Å². The lowest BCUT2D eigenvalue weighted by molar-refractivity contribution is -0.145. The van der Waals surface area contributed by atoms with Gasteiger partial charge in [0.1, 0.15) is 6.54 Å². The van der Waals surface area contributed by atoms with E-state index in [-0.39, 0.29) is 12.5 Å². The number of hydrogen-bond acceptors (Lipinski definition) is 3. The first kappa shape index (κ1) is 13.1. The molecule has 0 unspecified atom stereocenters. The summed E-state index contributed by atoms with van der Waals surface area (Å²) >= 11 is 0. The molecule has 2 rings (SSSR count). The molecule has 0 bridgehead atoms. The number of hydrogen-bond donors (Lipinski definition) is 2. The Bertz CT molecular complexity index is 510. The fraction of sp³-hybridized carbons (Fsp3) is 0.308. The predicted molar refractivity (Wildman–Crippen MR) is 69.4 cm³/mol. The van der Waals surface area contributed by atoms with Crippen LogP contribution in [-0.4, -0.2) is 42.3 Å². The van der Waals surface area contributed by atoms with E-state index < -0.39 is 11.8 Å². The van der Waals surface area contributed by atoms with Crippen LogP contribution in [-0.2, 0) is 14.4 Å². The van der Waals surface area contributed by atoms with E-state index in [0.29, 0.717) is 18.8 Å². The zero-order valence-corrected chi connectivity index (χ0v) is 10.6. The Morgan fingerprint density at radius 1 is 1.26 bits per heavy atom. The molecule has 19 heavy (non-hydrogen) atoms. The van der Waals surface area contributed by atoms with Gasteiger partial charge >= 0.3 is 11.8 Å². The van der Waals surface area contributed by atoms with Crippen molar-refractivity contribution in [2.75, 3.05) is 25.0 Å². The number of rotatable bonds is 1. The molecule has 1 aliphatic heterocycles. The molecule has 3 amide bonds. The fourth-order valence-corrected chi connectivity index (χ4v) is 1.78. The van der Waals surface area contributed by atoms with Crippen molar-refractivity contribution in [2.24, 2.45) is 0 Å². The molecule has 0 atom stereocenters. The summed E-state index contributed by atoms with van der Waals surface area (Å²) in [6.45, 7) is 2.59. The van der Waals surface area contributed by atoms with E-state index in [1.54, 1.807) is 12.1 Å². The van der Waals surface area contributed by atoms with E-state index in [9.17, 15) is 14.4 Å². The molecule has 0 spiro atoms. The molecule has 1 saturated heterocycles. The second kappa shape index (κ2) is 5.51. The second-order valence-electron chi connectivity index (χ2n) is 4.40. The maximum absolute atomic E-state index is 11.8. The Balaban J connectivity index is 1.97. The average Bonchev–Trinajstić information content (AvgIpc) is 2.40. The molecule has 1 heterocycles. The summed E-state index contributed by atoms with van der Waals surface area (Å²) in [6, 6.07) is 7.13. The molecule has 0 radical (unpaired) electrons. The Morgan fingerprint density at radius 3 is 2.58 bits per heavy atom. The minimum absolute atomic E-state index is 0.0693. The van der Waals surface area contributed by atoms with E-state index in [1.165, 1.54) is 4.90 Å². The minimum Gasteiger partial charge on any atom is -0.353 e. The lowest BCUT2D eigenvalue weighted by atomic mass is 10.2. The van der Waals surface area contributed by atoms with Gasteiger partial charge in [0.25, 0.3) is 0 Å². The Morgan fingerprint density at radius 2 is 1.95 bits per heavy atom. The maximum atomic E-state index is 11.8. The van der Waals surface area contributed by atoms with Crippen molar-refractivity contribution in [3.8, 4) is 0 Å². The van der Waals surface area contributed by atoms with E-state index >= 15 is 0 Å². The van der Waals surface area contributed by atoms with Gasteiger partial charge in [0.15, 0.2) is 0 Å². The second-order valence-corrected chi connectivity index (χ2v) is 4.40. The van der Waals surface area contributed by atoms with Crippen LogP contribution in [0.3, 0.4) is 0 Å². The van der Waals surface area contributed by atoms with E-state index in [0.717, 1.165) is 5.56 Å². The van der Waals surface area contributed by atoms with Gasteiger partial charge in [-0.2, -0.15) is 0 Å². The molecule has 1 aliphatic rings. The molecule has 0 aromatic heterocycles. The van der Waals surface area contributed by atoms with Crippen LogP contribution >= 0.6 is 0 Å². The molecular formula is C13H15N3O3. The van der Waals surface area contributed by atoms with Crippen LogP contribution in [0.25, 0.3) is 0 Å². The summed E-state index contributed by atoms with van der Waals surface area (Å²) in [5.41, 5.74) is 1.63. The minimum atomic E-state index is -0.724. The Labute approximate surface area is 110 Å². The number of amides is 3. The van der Waals surface area contributed by atoms with E-state index in [1.807, 2.05) is 19.1 Å². The highest BCUT2D eigenvalue weighted by Gasteiger charge is 2.26. The number of nitrogens with one attached hydrogen (secondary N) is 2. The van der Waals surface area contributed by atoms with Gasteiger partial charge in [-0.3, -0.25) is 14.4 Å². The zero-order valence-electron chi connectivity index (χ0n) is 10.6. The van der Waals surface area contributed by atoms with Crippen molar-refractivity contribution in [2.45, 2.75) is 6.92 Å². The van der Waals surface area contributed by atoms with Crippen molar-refractivity contribution < 1.29 is 14.4 Å². The van der Waals surface area contributed by atoms with Gasteiger partial charge in [-0.15, -0.1) is 0 Å². The predicted octanol–water partition coefficient (Wildman–Crippen LogP) is -0.108. The number of nitrogens with zero attached hydrogens (tertiary/aromatic N) is 1. The van der Waals surface area contributed by atoms with Crippen molar-refractivity contribution >= 4 is 23.4 Å². The molecule has 0 saturated carbocycles. The zero-order chi connectivity index (χ0) is 13.8. The summed E-state index contributed by atoms with van der Waals surface area (Å²) < 4.78 is 0. The van der Waals surface area contributed by atoms with Gasteiger partial charge in [0.05, 0.1) is 0 Å². The monoisotopic (exact) mass is 261 g/mol. The van der Waals surface area contributed by atoms with Gasteiger partial charge < -0.3 is 15.5 Å². The maximum Gasteiger partial charge on any atom is 0.313 e. The summed E-state index contributed by atoms with van der Waals surface area (Å²) in [7, 11) is 0. The van der Waals surface area contributed by atoms with Gasteiger partial charge in [-0.1, -0.05) is 17.7 Å².